The highest BCUT2D eigenvalue weighted by atomic mass is 79.9. The lowest BCUT2D eigenvalue weighted by Gasteiger charge is -2.29. The summed E-state index contributed by atoms with van der Waals surface area (Å²) in [5, 5.41) is 4.10. The van der Waals surface area contributed by atoms with Crippen molar-refractivity contribution < 1.29 is 9.59 Å². The zero-order valence-corrected chi connectivity index (χ0v) is 21.6. The molecule has 0 aliphatic heterocycles. The number of thioether (sulfide) groups is 1. The Labute approximate surface area is 207 Å². The van der Waals surface area contributed by atoms with E-state index >= 15 is 0 Å². The molecule has 0 aromatic heterocycles. The number of carbonyl (C=O) groups is 2. The van der Waals surface area contributed by atoms with Crippen LogP contribution in [0.4, 0.5) is 0 Å². The molecule has 0 unspecified atom stereocenters. The van der Waals surface area contributed by atoms with Crippen LogP contribution in [0.3, 0.4) is 0 Å². The summed E-state index contributed by atoms with van der Waals surface area (Å²) in [6, 6.07) is 12.6. The molecule has 4 nitrogen and oxygen atoms in total. The molecule has 31 heavy (non-hydrogen) atoms. The molecule has 0 aliphatic rings. The van der Waals surface area contributed by atoms with Gasteiger partial charge in [0.25, 0.3) is 0 Å². The van der Waals surface area contributed by atoms with Crippen LogP contribution in [0.1, 0.15) is 37.8 Å². The molecule has 0 fully saturated rings. The number of hydrogen-bond acceptors (Lipinski definition) is 3. The van der Waals surface area contributed by atoms with E-state index in [1.807, 2.05) is 30.3 Å². The third-order valence-corrected chi connectivity index (χ3v) is 6.84. The summed E-state index contributed by atoms with van der Waals surface area (Å²) in [5.41, 5.74) is 1.89. The first kappa shape index (κ1) is 26.0. The predicted octanol–water partition coefficient (Wildman–Crippen LogP) is 6.32. The predicted molar refractivity (Wildman–Crippen MR) is 135 cm³/mol. The topological polar surface area (TPSA) is 49.4 Å². The summed E-state index contributed by atoms with van der Waals surface area (Å²) in [7, 11) is 0. The Balaban J connectivity index is 2.05. The fourth-order valence-corrected chi connectivity index (χ4v) is 4.61. The van der Waals surface area contributed by atoms with Crippen LogP contribution in [0.2, 0.25) is 10.0 Å². The number of nitrogens with one attached hydrogen (secondary N) is 1. The third-order valence-electron chi connectivity index (χ3n) is 4.76. The van der Waals surface area contributed by atoms with Gasteiger partial charge in [0.05, 0.1) is 5.75 Å². The van der Waals surface area contributed by atoms with Crippen molar-refractivity contribution in [3.05, 3.63) is 68.1 Å². The smallest absolute Gasteiger partial charge is 0.242 e. The van der Waals surface area contributed by atoms with Gasteiger partial charge in [-0.05, 0) is 48.7 Å². The molecule has 168 valence electrons. The van der Waals surface area contributed by atoms with Crippen molar-refractivity contribution in [1.29, 1.82) is 0 Å². The molecule has 2 rings (SSSR count). The lowest BCUT2D eigenvalue weighted by atomic mass is 10.1. The number of hydrogen-bond donors (Lipinski definition) is 1. The van der Waals surface area contributed by atoms with E-state index in [1.54, 1.807) is 24.0 Å². The summed E-state index contributed by atoms with van der Waals surface area (Å²) in [4.78, 5) is 27.4. The van der Waals surface area contributed by atoms with Crippen molar-refractivity contribution in [2.45, 2.75) is 45.0 Å². The Morgan fingerprint density at radius 2 is 1.87 bits per heavy atom. The van der Waals surface area contributed by atoms with Crippen LogP contribution in [-0.2, 0) is 21.9 Å². The Hall–Kier alpha value is -1.21. The number of halogens is 3. The van der Waals surface area contributed by atoms with E-state index < -0.39 is 6.04 Å². The van der Waals surface area contributed by atoms with Gasteiger partial charge >= 0.3 is 0 Å². The summed E-state index contributed by atoms with van der Waals surface area (Å²) < 4.78 is 0.967. The van der Waals surface area contributed by atoms with Crippen LogP contribution in [0.5, 0.6) is 0 Å². The zero-order valence-electron chi connectivity index (χ0n) is 17.7. The van der Waals surface area contributed by atoms with Gasteiger partial charge < -0.3 is 10.2 Å². The second-order valence-corrected chi connectivity index (χ2v) is 9.94. The van der Waals surface area contributed by atoms with Gasteiger partial charge in [-0.25, -0.2) is 0 Å². The summed E-state index contributed by atoms with van der Waals surface area (Å²) >= 11 is 17.1. The van der Waals surface area contributed by atoms with Gasteiger partial charge in [0.2, 0.25) is 11.8 Å². The number of amides is 2. The Kier molecular flexibility index (Phi) is 11.2. The lowest BCUT2D eigenvalue weighted by Crippen LogP contribution is -2.48. The van der Waals surface area contributed by atoms with Crippen LogP contribution in [-0.4, -0.2) is 35.1 Å². The molecule has 0 spiro atoms. The molecule has 2 amide bonds. The van der Waals surface area contributed by atoms with Crippen LogP contribution >= 0.6 is 50.9 Å². The van der Waals surface area contributed by atoms with Gasteiger partial charge in [-0.3, -0.25) is 9.59 Å². The molecule has 0 bridgehead atoms. The van der Waals surface area contributed by atoms with E-state index in [-0.39, 0.29) is 17.6 Å². The quantitative estimate of drug-likeness (QED) is 0.336. The standard InChI is InChI=1S/C23H27BrCl2N2O2S/c1-3-4-11-27-23(30)16(2)28(13-17-5-8-19(24)9-6-17)22(29)15-31-14-18-7-10-20(25)12-21(18)26/h5-10,12,16H,3-4,11,13-15H2,1-2H3,(H,27,30)/t16-/m1/s1. The average molecular weight is 546 g/mol. The fourth-order valence-electron chi connectivity index (χ4n) is 2.88. The molecule has 0 radical (unpaired) electrons. The molecule has 2 aromatic rings. The minimum atomic E-state index is -0.562. The SMILES string of the molecule is CCCCNC(=O)[C@@H](C)N(Cc1ccc(Br)cc1)C(=O)CSCc1ccc(Cl)cc1Cl. The molecule has 0 heterocycles. The van der Waals surface area contributed by atoms with Crippen molar-refractivity contribution >= 4 is 62.7 Å². The van der Waals surface area contributed by atoms with Crippen LogP contribution in [0.15, 0.2) is 46.9 Å². The molecular formula is C23H27BrCl2N2O2S. The second kappa shape index (κ2) is 13.4. The van der Waals surface area contributed by atoms with E-state index in [0.29, 0.717) is 28.9 Å². The third kappa shape index (κ3) is 8.68. The molecular weight excluding hydrogens is 519 g/mol. The first-order chi connectivity index (χ1) is 14.8. The second-order valence-electron chi connectivity index (χ2n) is 7.20. The Bertz CT molecular complexity index is 880. The summed E-state index contributed by atoms with van der Waals surface area (Å²) in [6.45, 7) is 4.84. The molecule has 8 heteroatoms. The van der Waals surface area contributed by atoms with Crippen molar-refractivity contribution in [3.8, 4) is 0 Å². The number of benzene rings is 2. The van der Waals surface area contributed by atoms with Crippen molar-refractivity contribution in [3.63, 3.8) is 0 Å². The number of unbranched alkanes of at least 4 members (excludes halogenated alkanes) is 1. The Morgan fingerprint density at radius 3 is 2.52 bits per heavy atom. The van der Waals surface area contributed by atoms with Crippen LogP contribution in [0.25, 0.3) is 0 Å². The van der Waals surface area contributed by atoms with Gasteiger partial charge in [0, 0.05) is 33.4 Å². The molecule has 0 aliphatic carbocycles. The van der Waals surface area contributed by atoms with Crippen molar-refractivity contribution in [1.82, 2.24) is 10.2 Å². The molecule has 1 N–H and O–H groups in total. The summed E-state index contributed by atoms with van der Waals surface area (Å²) in [6.07, 6.45) is 1.91. The van der Waals surface area contributed by atoms with E-state index in [9.17, 15) is 9.59 Å². The first-order valence-corrected chi connectivity index (χ1v) is 12.9. The maximum atomic E-state index is 13.1. The summed E-state index contributed by atoms with van der Waals surface area (Å²) in [5.74, 6) is 0.619. The van der Waals surface area contributed by atoms with Gasteiger partial charge in [-0.1, -0.05) is 70.7 Å². The van der Waals surface area contributed by atoms with Crippen LogP contribution < -0.4 is 5.32 Å². The maximum Gasteiger partial charge on any atom is 0.242 e. The number of rotatable bonds is 11. The maximum absolute atomic E-state index is 13.1. The van der Waals surface area contributed by atoms with Gasteiger partial charge in [-0.2, -0.15) is 0 Å². The van der Waals surface area contributed by atoms with E-state index in [1.165, 1.54) is 11.8 Å². The minimum absolute atomic E-state index is 0.0869. The molecule has 0 saturated heterocycles. The number of nitrogens with zero attached hydrogens (tertiary/aromatic N) is 1. The fraction of sp³-hybridized carbons (Fsp3) is 0.391. The highest BCUT2D eigenvalue weighted by Gasteiger charge is 2.25. The largest absolute Gasteiger partial charge is 0.354 e. The normalized spacial score (nSPS) is 11.8. The Morgan fingerprint density at radius 1 is 1.16 bits per heavy atom. The van der Waals surface area contributed by atoms with Gasteiger partial charge in [0.1, 0.15) is 6.04 Å². The lowest BCUT2D eigenvalue weighted by molar-refractivity contribution is -0.138. The van der Waals surface area contributed by atoms with E-state index in [4.69, 9.17) is 23.2 Å². The van der Waals surface area contributed by atoms with E-state index in [0.717, 1.165) is 28.4 Å². The van der Waals surface area contributed by atoms with Crippen LogP contribution in [0, 0.1) is 0 Å². The van der Waals surface area contributed by atoms with Gasteiger partial charge in [-0.15, -0.1) is 11.8 Å². The van der Waals surface area contributed by atoms with Crippen molar-refractivity contribution in [2.75, 3.05) is 12.3 Å². The first-order valence-electron chi connectivity index (χ1n) is 10.1. The minimum Gasteiger partial charge on any atom is -0.354 e. The molecule has 0 saturated carbocycles. The van der Waals surface area contributed by atoms with Gasteiger partial charge in [0.15, 0.2) is 0 Å². The molecule has 1 atom stereocenters. The number of carbonyl (C=O) groups excluding carboxylic acids is 2. The monoisotopic (exact) mass is 544 g/mol. The highest BCUT2D eigenvalue weighted by molar-refractivity contribution is 9.10. The van der Waals surface area contributed by atoms with E-state index in [2.05, 4.69) is 28.2 Å². The zero-order chi connectivity index (χ0) is 22.8. The van der Waals surface area contributed by atoms with Crippen molar-refractivity contribution in [2.24, 2.45) is 0 Å². The highest BCUT2D eigenvalue weighted by Crippen LogP contribution is 2.25. The molecule has 2 aromatic carbocycles. The average Bonchev–Trinajstić information content (AvgIpc) is 2.74.